The highest BCUT2D eigenvalue weighted by Gasteiger charge is 2.29. The third-order valence-electron chi connectivity index (χ3n) is 8.97. The van der Waals surface area contributed by atoms with E-state index in [9.17, 15) is 13.6 Å². The van der Waals surface area contributed by atoms with Crippen molar-refractivity contribution in [3.8, 4) is 11.1 Å². The van der Waals surface area contributed by atoms with E-state index in [1.807, 2.05) is 30.6 Å². The lowest BCUT2D eigenvalue weighted by Gasteiger charge is -2.31. The van der Waals surface area contributed by atoms with Gasteiger partial charge >= 0.3 is 0 Å². The predicted octanol–water partition coefficient (Wildman–Crippen LogP) is 7.41. The van der Waals surface area contributed by atoms with Gasteiger partial charge in [0, 0.05) is 67.6 Å². The number of fused-ring (bicyclic) bond motifs is 1. The van der Waals surface area contributed by atoms with Gasteiger partial charge in [0.2, 0.25) is 5.92 Å². The molecule has 2 aromatic heterocycles. The molecular formula is C33H40F2N6O. The molecule has 1 saturated heterocycles. The van der Waals surface area contributed by atoms with Crippen LogP contribution in [0.15, 0.2) is 53.5 Å². The van der Waals surface area contributed by atoms with Gasteiger partial charge in [-0.05, 0) is 86.6 Å². The van der Waals surface area contributed by atoms with Gasteiger partial charge in [0.1, 0.15) is 5.84 Å². The molecule has 2 fully saturated rings. The molecule has 6 rings (SSSR count). The van der Waals surface area contributed by atoms with E-state index in [-0.39, 0.29) is 18.7 Å². The van der Waals surface area contributed by atoms with Gasteiger partial charge in [0.15, 0.2) is 5.69 Å². The Morgan fingerprint density at radius 1 is 0.976 bits per heavy atom. The van der Waals surface area contributed by atoms with Gasteiger partial charge in [0.05, 0.1) is 5.52 Å². The Morgan fingerprint density at radius 3 is 2.64 bits per heavy atom. The Bertz CT molecular complexity index is 1470. The number of allylic oxidation sites excluding steroid dienone is 1. The first-order valence-electron chi connectivity index (χ1n) is 15.6. The number of hydrogen-bond acceptors (Lipinski definition) is 5. The highest BCUT2D eigenvalue weighted by atomic mass is 19.3. The van der Waals surface area contributed by atoms with Crippen LogP contribution in [-0.4, -0.2) is 50.8 Å². The number of nitrogens with one attached hydrogen (secondary N) is 2. The molecule has 1 unspecified atom stereocenters. The molecule has 1 atom stereocenters. The van der Waals surface area contributed by atoms with Gasteiger partial charge in [-0.3, -0.25) is 14.9 Å². The molecular weight excluding hydrogens is 534 g/mol. The second-order valence-corrected chi connectivity index (χ2v) is 12.2. The number of nitrogens with zero attached hydrogens (tertiary/aromatic N) is 4. The average Bonchev–Trinajstić information content (AvgIpc) is 3.46. The van der Waals surface area contributed by atoms with E-state index in [2.05, 4.69) is 36.5 Å². The van der Waals surface area contributed by atoms with E-state index in [1.165, 1.54) is 19.3 Å². The number of amides is 1. The number of rotatable bonds is 5. The number of hydrogen-bond donors (Lipinski definition) is 2. The SMILES string of the molecule is O=C(NC1=CN=C(N2CCCCC2)CC1)c1n[nH]c2ccc(-c3cncc(CC4CCCCC(F)(F)CCC4)c3)cc12. The Kier molecular flexibility index (Phi) is 8.63. The maximum Gasteiger partial charge on any atom is 0.276 e. The maximum absolute atomic E-state index is 13.9. The fourth-order valence-corrected chi connectivity index (χ4v) is 6.62. The van der Waals surface area contributed by atoms with E-state index < -0.39 is 5.92 Å². The summed E-state index contributed by atoms with van der Waals surface area (Å²) >= 11 is 0. The molecule has 2 aliphatic heterocycles. The van der Waals surface area contributed by atoms with Gasteiger partial charge in [-0.1, -0.05) is 18.9 Å². The second-order valence-electron chi connectivity index (χ2n) is 12.2. The first-order valence-corrected chi connectivity index (χ1v) is 15.6. The third kappa shape index (κ3) is 6.88. The summed E-state index contributed by atoms with van der Waals surface area (Å²) in [5, 5.41) is 11.1. The van der Waals surface area contributed by atoms with Gasteiger partial charge in [-0.2, -0.15) is 5.10 Å². The molecule has 0 spiro atoms. The number of likely N-dealkylation sites (tertiary alicyclic amines) is 1. The molecule has 42 heavy (non-hydrogen) atoms. The van der Waals surface area contributed by atoms with E-state index in [4.69, 9.17) is 0 Å². The molecule has 7 nitrogen and oxygen atoms in total. The lowest BCUT2D eigenvalue weighted by atomic mass is 9.90. The zero-order chi connectivity index (χ0) is 28.9. The van der Waals surface area contributed by atoms with Crippen LogP contribution in [0.25, 0.3) is 22.0 Å². The van der Waals surface area contributed by atoms with Crippen molar-refractivity contribution in [2.75, 3.05) is 13.1 Å². The van der Waals surface area contributed by atoms with Crippen LogP contribution in [0.1, 0.15) is 93.1 Å². The van der Waals surface area contributed by atoms with E-state index in [0.29, 0.717) is 24.5 Å². The molecule has 222 valence electrons. The number of amidine groups is 1. The van der Waals surface area contributed by atoms with Crippen LogP contribution in [0, 0.1) is 5.92 Å². The Hall–Kier alpha value is -3.62. The zero-order valence-corrected chi connectivity index (χ0v) is 24.2. The van der Waals surface area contributed by atoms with Crippen molar-refractivity contribution in [2.24, 2.45) is 10.9 Å². The Morgan fingerprint density at radius 2 is 1.81 bits per heavy atom. The smallest absolute Gasteiger partial charge is 0.276 e. The summed E-state index contributed by atoms with van der Waals surface area (Å²) in [4.78, 5) is 24.8. The summed E-state index contributed by atoms with van der Waals surface area (Å²) in [6, 6.07) is 8.07. The molecule has 2 N–H and O–H groups in total. The molecule has 9 heteroatoms. The molecule has 0 bridgehead atoms. The van der Waals surface area contributed by atoms with Crippen LogP contribution in [0.2, 0.25) is 0 Å². The number of benzene rings is 1. The Labute approximate surface area is 245 Å². The number of carbonyl (C=O) groups excluding carboxylic acids is 1. The summed E-state index contributed by atoms with van der Waals surface area (Å²) in [5.41, 5.74) is 4.98. The van der Waals surface area contributed by atoms with Gasteiger partial charge in [-0.25, -0.2) is 13.8 Å². The molecule has 3 aromatic rings. The number of aromatic amines is 1. The fourth-order valence-electron chi connectivity index (χ4n) is 6.62. The van der Waals surface area contributed by atoms with Crippen LogP contribution < -0.4 is 5.32 Å². The van der Waals surface area contributed by atoms with Gasteiger partial charge in [-0.15, -0.1) is 0 Å². The summed E-state index contributed by atoms with van der Waals surface area (Å²) in [6.45, 7) is 2.13. The number of alkyl halides is 2. The molecule has 3 aliphatic rings. The van der Waals surface area contributed by atoms with Crippen LogP contribution >= 0.6 is 0 Å². The van der Waals surface area contributed by atoms with Crippen LogP contribution in [0.3, 0.4) is 0 Å². The lowest BCUT2D eigenvalue weighted by Crippen LogP contribution is -2.37. The van der Waals surface area contributed by atoms with Crippen molar-refractivity contribution in [1.82, 2.24) is 25.4 Å². The Balaban J connectivity index is 1.15. The summed E-state index contributed by atoms with van der Waals surface area (Å²) in [5.74, 6) is -1.27. The maximum atomic E-state index is 13.9. The van der Waals surface area contributed by atoms with Crippen molar-refractivity contribution in [1.29, 1.82) is 0 Å². The first kappa shape index (κ1) is 28.5. The molecule has 1 amide bonds. The summed E-state index contributed by atoms with van der Waals surface area (Å²) in [7, 11) is 0. The number of halogens is 2. The van der Waals surface area contributed by atoms with Crippen molar-refractivity contribution in [3.05, 3.63) is 59.8 Å². The van der Waals surface area contributed by atoms with Crippen molar-refractivity contribution in [3.63, 3.8) is 0 Å². The average molecular weight is 575 g/mol. The number of aromatic nitrogens is 3. The topological polar surface area (TPSA) is 86.3 Å². The largest absolute Gasteiger partial charge is 0.360 e. The molecule has 1 aromatic carbocycles. The first-order chi connectivity index (χ1) is 20.4. The molecule has 1 aliphatic carbocycles. The standard InChI is InChI=1S/C33H40F2N6O/c34-33(35)13-3-2-7-23(8-6-14-33)17-24-18-26(21-36-20-24)25-9-11-29-28(19-25)31(40-39-29)32(42)38-27-10-12-30(37-22-27)41-15-4-1-5-16-41/h9,11,18-23H,1-8,10,12-17H2,(H,38,42)(H,39,40). The highest BCUT2D eigenvalue weighted by Crippen LogP contribution is 2.34. The van der Waals surface area contributed by atoms with Crippen LogP contribution in [-0.2, 0) is 6.42 Å². The van der Waals surface area contributed by atoms with E-state index in [0.717, 1.165) is 90.7 Å². The minimum atomic E-state index is -2.52. The second kappa shape index (κ2) is 12.7. The summed E-state index contributed by atoms with van der Waals surface area (Å²) < 4.78 is 27.9. The van der Waals surface area contributed by atoms with Crippen LogP contribution in [0.4, 0.5) is 8.78 Å². The number of pyridine rings is 1. The van der Waals surface area contributed by atoms with Crippen molar-refractivity contribution in [2.45, 2.75) is 89.4 Å². The number of piperidine rings is 1. The zero-order valence-electron chi connectivity index (χ0n) is 24.2. The third-order valence-corrected chi connectivity index (χ3v) is 8.97. The van der Waals surface area contributed by atoms with Crippen molar-refractivity contribution >= 4 is 22.6 Å². The number of carbonyl (C=O) groups is 1. The molecule has 4 heterocycles. The highest BCUT2D eigenvalue weighted by molar-refractivity contribution is 6.06. The predicted molar refractivity (Wildman–Crippen MR) is 161 cm³/mol. The lowest BCUT2D eigenvalue weighted by molar-refractivity contribution is -0.0192. The van der Waals surface area contributed by atoms with Gasteiger partial charge in [0.25, 0.3) is 5.91 Å². The van der Waals surface area contributed by atoms with E-state index >= 15 is 0 Å². The molecule has 1 saturated carbocycles. The number of H-pyrrole nitrogens is 1. The normalized spacial score (nSPS) is 21.6. The van der Waals surface area contributed by atoms with E-state index in [1.54, 1.807) is 6.20 Å². The van der Waals surface area contributed by atoms with Crippen molar-refractivity contribution < 1.29 is 13.6 Å². The minimum Gasteiger partial charge on any atom is -0.360 e. The van der Waals surface area contributed by atoms with Crippen LogP contribution in [0.5, 0.6) is 0 Å². The molecule has 0 radical (unpaired) electrons. The van der Waals surface area contributed by atoms with Gasteiger partial charge < -0.3 is 10.2 Å². The quantitative estimate of drug-likeness (QED) is 0.332. The number of aliphatic imine (C=N–C) groups is 1. The minimum absolute atomic E-state index is 0.00739. The fraction of sp³-hybridized carbons (Fsp3) is 0.515. The summed E-state index contributed by atoms with van der Waals surface area (Å²) in [6.07, 6.45) is 15.4. The monoisotopic (exact) mass is 574 g/mol.